The number of esters is 1. The predicted molar refractivity (Wildman–Crippen MR) is 64.2 cm³/mol. The molecular weight excluding hydrogens is 220 g/mol. The van der Waals surface area contributed by atoms with E-state index in [-0.39, 0.29) is 17.9 Å². The summed E-state index contributed by atoms with van der Waals surface area (Å²) < 4.78 is 4.57. The topological polar surface area (TPSA) is 81.4 Å². The Labute approximate surface area is 102 Å². The Bertz CT molecular complexity index is 281. The molecular formula is C12H22N2O3. The van der Waals surface area contributed by atoms with Crippen LogP contribution >= 0.6 is 0 Å². The Morgan fingerprint density at radius 1 is 1.29 bits per heavy atom. The summed E-state index contributed by atoms with van der Waals surface area (Å²) in [4.78, 5) is 23.2. The van der Waals surface area contributed by atoms with Gasteiger partial charge in [-0.15, -0.1) is 0 Å². The summed E-state index contributed by atoms with van der Waals surface area (Å²) in [6, 6.07) is -0.703. The highest BCUT2D eigenvalue weighted by atomic mass is 16.5. The van der Waals surface area contributed by atoms with Gasteiger partial charge in [0.05, 0.1) is 13.0 Å². The van der Waals surface area contributed by atoms with Crippen molar-refractivity contribution in [1.29, 1.82) is 0 Å². The van der Waals surface area contributed by atoms with E-state index in [1.165, 1.54) is 7.11 Å². The number of hydrogen-bond donors (Lipinski definition) is 2. The molecule has 98 valence electrons. The zero-order valence-electron chi connectivity index (χ0n) is 10.6. The number of rotatable bonds is 3. The molecule has 17 heavy (non-hydrogen) atoms. The minimum Gasteiger partial charge on any atom is -0.467 e. The zero-order chi connectivity index (χ0) is 12.8. The lowest BCUT2D eigenvalue weighted by Gasteiger charge is -2.22. The third-order valence-corrected chi connectivity index (χ3v) is 3.32. The highest BCUT2D eigenvalue weighted by Gasteiger charge is 2.29. The van der Waals surface area contributed by atoms with Crippen LogP contribution in [0.5, 0.6) is 0 Å². The van der Waals surface area contributed by atoms with Crippen molar-refractivity contribution >= 4 is 11.9 Å². The van der Waals surface area contributed by atoms with Crippen molar-refractivity contribution in [3.05, 3.63) is 0 Å². The van der Waals surface area contributed by atoms with E-state index in [0.29, 0.717) is 0 Å². The van der Waals surface area contributed by atoms with E-state index < -0.39 is 12.0 Å². The van der Waals surface area contributed by atoms with Gasteiger partial charge in [0.25, 0.3) is 0 Å². The monoisotopic (exact) mass is 242 g/mol. The minimum atomic E-state index is -0.608. The first-order chi connectivity index (χ1) is 8.06. The summed E-state index contributed by atoms with van der Waals surface area (Å²) in [6.45, 7) is 1.62. The van der Waals surface area contributed by atoms with Crippen molar-refractivity contribution in [2.45, 2.75) is 51.1 Å². The molecule has 1 fully saturated rings. The fourth-order valence-electron chi connectivity index (χ4n) is 2.22. The first-order valence-corrected chi connectivity index (χ1v) is 6.20. The maximum absolute atomic E-state index is 12.0. The second-order valence-electron chi connectivity index (χ2n) is 4.66. The van der Waals surface area contributed by atoms with Gasteiger partial charge in [0.15, 0.2) is 0 Å². The van der Waals surface area contributed by atoms with Crippen LogP contribution in [-0.2, 0) is 14.3 Å². The summed E-state index contributed by atoms with van der Waals surface area (Å²) in [5.74, 6) is -0.734. The average molecular weight is 242 g/mol. The van der Waals surface area contributed by atoms with Crippen LogP contribution in [0.25, 0.3) is 0 Å². The molecule has 3 N–H and O–H groups in total. The molecule has 5 heteroatoms. The van der Waals surface area contributed by atoms with Gasteiger partial charge in [0.1, 0.15) is 6.04 Å². The molecule has 0 saturated heterocycles. The molecule has 3 unspecified atom stereocenters. The lowest BCUT2D eigenvalue weighted by Crippen LogP contribution is -2.47. The zero-order valence-corrected chi connectivity index (χ0v) is 10.6. The van der Waals surface area contributed by atoms with Gasteiger partial charge in [-0.1, -0.05) is 19.3 Å². The largest absolute Gasteiger partial charge is 0.467 e. The van der Waals surface area contributed by atoms with E-state index in [4.69, 9.17) is 5.73 Å². The van der Waals surface area contributed by atoms with Crippen LogP contribution in [0.4, 0.5) is 0 Å². The van der Waals surface area contributed by atoms with Crippen LogP contribution in [-0.4, -0.2) is 31.1 Å². The molecule has 0 aromatic rings. The Morgan fingerprint density at radius 3 is 2.59 bits per heavy atom. The third kappa shape index (κ3) is 4.00. The van der Waals surface area contributed by atoms with Crippen molar-refractivity contribution in [2.24, 2.45) is 11.7 Å². The number of nitrogens with two attached hydrogens (primary N) is 1. The predicted octanol–water partition coefficient (Wildman–Crippen LogP) is 0.572. The normalized spacial score (nSPS) is 26.8. The summed E-state index contributed by atoms with van der Waals surface area (Å²) in [7, 11) is 1.31. The number of hydrogen-bond acceptors (Lipinski definition) is 4. The molecule has 1 saturated carbocycles. The van der Waals surface area contributed by atoms with E-state index in [9.17, 15) is 9.59 Å². The Hall–Kier alpha value is -1.10. The summed E-state index contributed by atoms with van der Waals surface area (Å²) in [6.07, 6.45) is 4.92. The second kappa shape index (κ2) is 6.59. The van der Waals surface area contributed by atoms with Gasteiger partial charge in [-0.25, -0.2) is 4.79 Å². The number of ether oxygens (including phenoxy) is 1. The van der Waals surface area contributed by atoms with Crippen LogP contribution in [0.1, 0.15) is 39.0 Å². The molecule has 0 spiro atoms. The average Bonchev–Trinajstić information content (AvgIpc) is 2.52. The number of carbonyl (C=O) groups excluding carboxylic acids is 2. The van der Waals surface area contributed by atoms with Gasteiger partial charge in [0.2, 0.25) is 5.91 Å². The van der Waals surface area contributed by atoms with Gasteiger partial charge in [0, 0.05) is 6.04 Å². The molecule has 0 heterocycles. The van der Waals surface area contributed by atoms with E-state index in [1.807, 2.05) is 0 Å². The van der Waals surface area contributed by atoms with E-state index in [1.54, 1.807) is 6.92 Å². The van der Waals surface area contributed by atoms with Crippen molar-refractivity contribution < 1.29 is 14.3 Å². The number of methoxy groups -OCH3 is 1. The van der Waals surface area contributed by atoms with Crippen LogP contribution in [0, 0.1) is 5.92 Å². The minimum absolute atomic E-state index is 0.0950. The quantitative estimate of drug-likeness (QED) is 0.560. The molecule has 5 nitrogen and oxygen atoms in total. The van der Waals surface area contributed by atoms with Crippen LogP contribution < -0.4 is 11.1 Å². The number of carbonyl (C=O) groups is 2. The third-order valence-electron chi connectivity index (χ3n) is 3.32. The van der Waals surface area contributed by atoms with E-state index >= 15 is 0 Å². The maximum atomic E-state index is 12.0. The lowest BCUT2D eigenvalue weighted by atomic mass is 9.94. The SMILES string of the molecule is COC(=O)C(C)NC(=O)C1CCCCCC1N. The van der Waals surface area contributed by atoms with Crippen molar-refractivity contribution in [3.8, 4) is 0 Å². The summed E-state index contributed by atoms with van der Waals surface area (Å²) >= 11 is 0. The standard InChI is InChI=1S/C12H22N2O3/c1-8(12(16)17-2)14-11(15)9-6-4-3-5-7-10(9)13/h8-10H,3-7,13H2,1-2H3,(H,14,15). The molecule has 0 aromatic heterocycles. The Morgan fingerprint density at radius 2 is 1.94 bits per heavy atom. The first-order valence-electron chi connectivity index (χ1n) is 6.20. The first kappa shape index (κ1) is 14.0. The van der Waals surface area contributed by atoms with Crippen LogP contribution in [0.3, 0.4) is 0 Å². The number of amides is 1. The molecule has 1 amide bonds. The molecule has 0 radical (unpaired) electrons. The molecule has 1 rings (SSSR count). The van der Waals surface area contributed by atoms with Gasteiger partial charge in [-0.2, -0.15) is 0 Å². The summed E-state index contributed by atoms with van der Waals surface area (Å²) in [5, 5.41) is 2.66. The maximum Gasteiger partial charge on any atom is 0.328 e. The molecule has 0 aliphatic heterocycles. The molecule has 0 aromatic carbocycles. The van der Waals surface area contributed by atoms with Gasteiger partial charge in [-0.05, 0) is 19.8 Å². The lowest BCUT2D eigenvalue weighted by molar-refractivity contribution is -0.145. The van der Waals surface area contributed by atoms with Crippen LogP contribution in [0.15, 0.2) is 0 Å². The van der Waals surface area contributed by atoms with Crippen molar-refractivity contribution in [2.75, 3.05) is 7.11 Å². The second-order valence-corrected chi connectivity index (χ2v) is 4.66. The van der Waals surface area contributed by atoms with E-state index in [2.05, 4.69) is 10.1 Å². The van der Waals surface area contributed by atoms with Crippen LogP contribution in [0.2, 0.25) is 0 Å². The number of nitrogens with one attached hydrogen (secondary N) is 1. The molecule has 1 aliphatic carbocycles. The Kier molecular flexibility index (Phi) is 5.41. The fraction of sp³-hybridized carbons (Fsp3) is 0.833. The smallest absolute Gasteiger partial charge is 0.328 e. The fourth-order valence-corrected chi connectivity index (χ4v) is 2.22. The van der Waals surface area contributed by atoms with Gasteiger partial charge < -0.3 is 15.8 Å². The van der Waals surface area contributed by atoms with Gasteiger partial charge >= 0.3 is 5.97 Å². The molecule has 1 aliphatic rings. The van der Waals surface area contributed by atoms with Crippen molar-refractivity contribution in [1.82, 2.24) is 5.32 Å². The highest BCUT2D eigenvalue weighted by molar-refractivity contribution is 5.85. The van der Waals surface area contributed by atoms with E-state index in [0.717, 1.165) is 32.1 Å². The molecule has 0 bridgehead atoms. The molecule has 3 atom stereocenters. The summed E-state index contributed by atoms with van der Waals surface area (Å²) in [5.41, 5.74) is 5.99. The van der Waals surface area contributed by atoms with Crippen molar-refractivity contribution in [3.63, 3.8) is 0 Å². The van der Waals surface area contributed by atoms with Gasteiger partial charge in [-0.3, -0.25) is 4.79 Å². The highest BCUT2D eigenvalue weighted by Crippen LogP contribution is 2.22. The Balaban J connectivity index is 2.53.